The van der Waals surface area contributed by atoms with E-state index in [1.165, 1.54) is 0 Å². The van der Waals surface area contributed by atoms with E-state index in [0.29, 0.717) is 5.56 Å². The Kier molecular flexibility index (Phi) is 2.94. The third kappa shape index (κ3) is 2.01. The predicted octanol–water partition coefficient (Wildman–Crippen LogP) is 2.39. The van der Waals surface area contributed by atoms with Crippen molar-refractivity contribution >= 4 is 0 Å². The lowest BCUT2D eigenvalue weighted by Gasteiger charge is -2.16. The van der Waals surface area contributed by atoms with E-state index in [9.17, 15) is 10.2 Å². The normalized spacial score (nSPS) is 13.3. The minimum absolute atomic E-state index is 0.118. The molecule has 0 bridgehead atoms. The number of rotatable bonds is 2. The van der Waals surface area contributed by atoms with Crippen LogP contribution in [0.2, 0.25) is 0 Å². The molecule has 1 aromatic carbocycles. The highest BCUT2D eigenvalue weighted by Crippen LogP contribution is 2.31. The van der Waals surface area contributed by atoms with Crippen molar-refractivity contribution in [1.82, 2.24) is 0 Å². The molecule has 2 N–H and O–H groups in total. The lowest BCUT2D eigenvalue weighted by molar-refractivity contribution is 0.124. The van der Waals surface area contributed by atoms with E-state index in [-0.39, 0.29) is 11.7 Å². The maximum Gasteiger partial charge on any atom is 0.124 e. The highest BCUT2D eigenvalue weighted by atomic mass is 16.3. The first-order valence-corrected chi connectivity index (χ1v) is 4.50. The quantitative estimate of drug-likeness (QED) is 0.733. The van der Waals surface area contributed by atoms with Gasteiger partial charge in [-0.25, -0.2) is 0 Å². The molecule has 1 aromatic rings. The summed E-state index contributed by atoms with van der Waals surface area (Å²) in [6, 6.07) is 5.43. The third-order valence-corrected chi connectivity index (χ3v) is 2.22. The summed E-state index contributed by atoms with van der Waals surface area (Å²) in [7, 11) is 0. The van der Waals surface area contributed by atoms with Crippen LogP contribution in [-0.4, -0.2) is 10.2 Å². The number of benzene rings is 1. The summed E-state index contributed by atoms with van der Waals surface area (Å²) >= 11 is 0. The molecule has 0 fully saturated rings. The van der Waals surface area contributed by atoms with Crippen molar-refractivity contribution < 1.29 is 10.2 Å². The molecule has 0 radical (unpaired) electrons. The monoisotopic (exact) mass is 180 g/mol. The van der Waals surface area contributed by atoms with Gasteiger partial charge in [-0.15, -0.1) is 0 Å². The SMILES string of the molecule is Cc1cccc(C(O)C(C)C)c1O. The van der Waals surface area contributed by atoms with Crippen LogP contribution in [0.25, 0.3) is 0 Å². The fourth-order valence-corrected chi connectivity index (χ4v) is 1.28. The fraction of sp³-hybridized carbons (Fsp3) is 0.455. The van der Waals surface area contributed by atoms with Crippen LogP contribution in [0, 0.1) is 12.8 Å². The van der Waals surface area contributed by atoms with E-state index in [1.54, 1.807) is 6.07 Å². The molecular formula is C11H16O2. The van der Waals surface area contributed by atoms with E-state index in [4.69, 9.17) is 0 Å². The third-order valence-electron chi connectivity index (χ3n) is 2.22. The van der Waals surface area contributed by atoms with Crippen LogP contribution in [0.4, 0.5) is 0 Å². The van der Waals surface area contributed by atoms with Crippen LogP contribution in [-0.2, 0) is 0 Å². The Hall–Kier alpha value is -1.02. The van der Waals surface area contributed by atoms with Gasteiger partial charge in [0.15, 0.2) is 0 Å². The second-order valence-electron chi connectivity index (χ2n) is 3.70. The van der Waals surface area contributed by atoms with Gasteiger partial charge >= 0.3 is 0 Å². The average molecular weight is 180 g/mol. The maximum atomic E-state index is 9.74. The molecule has 2 heteroatoms. The predicted molar refractivity (Wildman–Crippen MR) is 52.6 cm³/mol. The molecule has 0 aliphatic heterocycles. The van der Waals surface area contributed by atoms with Crippen LogP contribution >= 0.6 is 0 Å². The fourth-order valence-electron chi connectivity index (χ4n) is 1.28. The molecule has 0 aliphatic rings. The molecule has 0 aromatic heterocycles. The van der Waals surface area contributed by atoms with Crippen molar-refractivity contribution in [3.05, 3.63) is 29.3 Å². The number of para-hydroxylation sites is 1. The van der Waals surface area contributed by atoms with E-state index in [0.717, 1.165) is 5.56 Å². The number of aliphatic hydroxyl groups is 1. The first kappa shape index (κ1) is 10.1. The first-order chi connectivity index (χ1) is 6.04. The second kappa shape index (κ2) is 3.79. The van der Waals surface area contributed by atoms with Gasteiger partial charge in [0.25, 0.3) is 0 Å². The highest BCUT2D eigenvalue weighted by Gasteiger charge is 2.16. The molecule has 0 aliphatic carbocycles. The van der Waals surface area contributed by atoms with Crippen LogP contribution in [0.5, 0.6) is 5.75 Å². The molecule has 1 atom stereocenters. The van der Waals surface area contributed by atoms with Gasteiger partial charge < -0.3 is 10.2 Å². The van der Waals surface area contributed by atoms with E-state index < -0.39 is 6.10 Å². The van der Waals surface area contributed by atoms with E-state index in [1.807, 2.05) is 32.9 Å². The topological polar surface area (TPSA) is 40.5 Å². The summed E-state index contributed by atoms with van der Waals surface area (Å²) in [5.74, 6) is 0.330. The molecule has 13 heavy (non-hydrogen) atoms. The number of aliphatic hydroxyl groups excluding tert-OH is 1. The summed E-state index contributed by atoms with van der Waals surface area (Å²) in [6.45, 7) is 5.67. The highest BCUT2D eigenvalue weighted by molar-refractivity contribution is 5.40. The van der Waals surface area contributed by atoms with Gasteiger partial charge in [-0.05, 0) is 18.4 Å². The number of aromatic hydroxyl groups is 1. The zero-order chi connectivity index (χ0) is 10.0. The van der Waals surface area contributed by atoms with Gasteiger partial charge in [0.05, 0.1) is 6.10 Å². The summed E-state index contributed by atoms with van der Waals surface area (Å²) < 4.78 is 0. The minimum Gasteiger partial charge on any atom is -0.507 e. The number of phenolic OH excluding ortho intramolecular Hbond substituents is 1. The minimum atomic E-state index is -0.583. The molecule has 0 saturated heterocycles. The molecule has 0 saturated carbocycles. The largest absolute Gasteiger partial charge is 0.507 e. The lowest BCUT2D eigenvalue weighted by Crippen LogP contribution is -2.05. The van der Waals surface area contributed by atoms with Crippen molar-refractivity contribution in [2.45, 2.75) is 26.9 Å². The van der Waals surface area contributed by atoms with Gasteiger partial charge in [-0.1, -0.05) is 32.0 Å². The van der Waals surface area contributed by atoms with Crippen molar-refractivity contribution in [2.24, 2.45) is 5.92 Å². The van der Waals surface area contributed by atoms with Crippen molar-refractivity contribution in [3.8, 4) is 5.75 Å². The molecule has 1 unspecified atom stereocenters. The Morgan fingerprint density at radius 1 is 1.23 bits per heavy atom. The number of hydrogen-bond donors (Lipinski definition) is 2. The first-order valence-electron chi connectivity index (χ1n) is 4.50. The van der Waals surface area contributed by atoms with Crippen LogP contribution in [0.3, 0.4) is 0 Å². The Morgan fingerprint density at radius 3 is 2.38 bits per heavy atom. The summed E-state index contributed by atoms with van der Waals surface area (Å²) in [6.07, 6.45) is -0.583. The average Bonchev–Trinajstić information content (AvgIpc) is 2.08. The lowest BCUT2D eigenvalue weighted by atomic mass is 9.97. The van der Waals surface area contributed by atoms with Gasteiger partial charge in [0, 0.05) is 5.56 Å². The van der Waals surface area contributed by atoms with E-state index in [2.05, 4.69) is 0 Å². The summed E-state index contributed by atoms with van der Waals surface area (Å²) in [5.41, 5.74) is 1.42. The van der Waals surface area contributed by atoms with E-state index >= 15 is 0 Å². The Bertz CT molecular complexity index is 292. The maximum absolute atomic E-state index is 9.74. The Morgan fingerprint density at radius 2 is 1.85 bits per heavy atom. The summed E-state index contributed by atoms with van der Waals surface area (Å²) in [5, 5.41) is 19.4. The number of hydrogen-bond acceptors (Lipinski definition) is 2. The zero-order valence-electron chi connectivity index (χ0n) is 8.28. The van der Waals surface area contributed by atoms with Crippen LogP contribution < -0.4 is 0 Å². The number of phenols is 1. The van der Waals surface area contributed by atoms with Crippen molar-refractivity contribution in [3.63, 3.8) is 0 Å². The number of aryl methyl sites for hydroxylation is 1. The Balaban J connectivity index is 3.07. The molecule has 2 nitrogen and oxygen atoms in total. The summed E-state index contributed by atoms with van der Waals surface area (Å²) in [4.78, 5) is 0. The molecule has 0 amide bonds. The zero-order valence-corrected chi connectivity index (χ0v) is 8.28. The molecule has 0 heterocycles. The van der Waals surface area contributed by atoms with Crippen LogP contribution in [0.1, 0.15) is 31.1 Å². The van der Waals surface area contributed by atoms with Gasteiger partial charge in [0.2, 0.25) is 0 Å². The van der Waals surface area contributed by atoms with Gasteiger partial charge in [-0.3, -0.25) is 0 Å². The molecular weight excluding hydrogens is 164 g/mol. The van der Waals surface area contributed by atoms with Gasteiger partial charge in [-0.2, -0.15) is 0 Å². The standard InChI is InChI=1S/C11H16O2/c1-7(2)10(12)9-6-4-5-8(3)11(9)13/h4-7,10,12-13H,1-3H3. The smallest absolute Gasteiger partial charge is 0.124 e. The van der Waals surface area contributed by atoms with Crippen LogP contribution in [0.15, 0.2) is 18.2 Å². The second-order valence-corrected chi connectivity index (χ2v) is 3.70. The molecule has 1 rings (SSSR count). The molecule has 72 valence electrons. The Labute approximate surface area is 78.8 Å². The van der Waals surface area contributed by atoms with Crippen molar-refractivity contribution in [2.75, 3.05) is 0 Å². The van der Waals surface area contributed by atoms with Crippen molar-refractivity contribution in [1.29, 1.82) is 0 Å². The molecule has 0 spiro atoms. The van der Waals surface area contributed by atoms with Gasteiger partial charge in [0.1, 0.15) is 5.75 Å².